The summed E-state index contributed by atoms with van der Waals surface area (Å²) in [6.07, 6.45) is 2.10. The Morgan fingerprint density at radius 2 is 1.33 bits per heavy atom. The molecule has 2 aliphatic rings. The Morgan fingerprint density at radius 1 is 0.952 bits per heavy atom. The molecule has 5 heteroatoms. The first-order valence-corrected chi connectivity index (χ1v) is 7.21. The van der Waals surface area contributed by atoms with Crippen LogP contribution in [0.3, 0.4) is 0 Å². The lowest BCUT2D eigenvalue weighted by Gasteiger charge is -2.27. The summed E-state index contributed by atoms with van der Waals surface area (Å²) >= 11 is 0. The molecule has 0 saturated carbocycles. The van der Waals surface area contributed by atoms with Gasteiger partial charge in [-0.1, -0.05) is 13.2 Å². The molecule has 116 valence electrons. The van der Waals surface area contributed by atoms with Gasteiger partial charge in [0.05, 0.1) is 25.4 Å². The fourth-order valence-electron chi connectivity index (χ4n) is 2.92. The van der Waals surface area contributed by atoms with Crippen molar-refractivity contribution < 1.29 is 23.8 Å². The molecule has 2 saturated heterocycles. The quantitative estimate of drug-likeness (QED) is 0.554. The number of carbonyl (C=O) groups is 2. The van der Waals surface area contributed by atoms with E-state index in [9.17, 15) is 9.59 Å². The molecular weight excluding hydrogens is 272 g/mol. The second kappa shape index (κ2) is 6.43. The summed E-state index contributed by atoms with van der Waals surface area (Å²) in [5.41, 5.74) is 0.758. The van der Waals surface area contributed by atoms with E-state index in [1.165, 1.54) is 0 Å². The number of esters is 2. The lowest BCUT2D eigenvalue weighted by atomic mass is 9.80. The highest BCUT2D eigenvalue weighted by molar-refractivity contribution is 5.87. The Bertz CT molecular complexity index is 425. The van der Waals surface area contributed by atoms with Gasteiger partial charge in [0.15, 0.2) is 0 Å². The molecule has 2 fully saturated rings. The average Bonchev–Trinajstić information content (AvgIpc) is 3.02. The molecule has 0 radical (unpaired) electrons. The Hall–Kier alpha value is -1.62. The van der Waals surface area contributed by atoms with Crippen LogP contribution in [0.15, 0.2) is 24.3 Å². The fourth-order valence-corrected chi connectivity index (χ4v) is 2.92. The molecule has 21 heavy (non-hydrogen) atoms. The van der Waals surface area contributed by atoms with E-state index in [2.05, 4.69) is 13.2 Å². The van der Waals surface area contributed by atoms with Crippen LogP contribution in [0.2, 0.25) is 0 Å². The molecular formula is C16H22O5. The molecule has 4 unspecified atom stereocenters. The first kappa shape index (κ1) is 15.8. The highest BCUT2D eigenvalue weighted by atomic mass is 16.6. The zero-order valence-corrected chi connectivity index (χ0v) is 12.6. The predicted octanol–water partition coefficient (Wildman–Crippen LogP) is 2.02. The molecule has 5 nitrogen and oxygen atoms in total. The van der Waals surface area contributed by atoms with Crippen molar-refractivity contribution in [3.05, 3.63) is 24.3 Å². The van der Waals surface area contributed by atoms with Gasteiger partial charge < -0.3 is 14.2 Å². The standard InChI is InChI=1S/C16H22O5/c1-9(2)15(17)19-7-11-12(8-20-16(18)10(3)4)14-6-5-13(11)21-14/h11-14H,1,3,5-8H2,2,4H3. The lowest BCUT2D eigenvalue weighted by Crippen LogP contribution is -2.35. The van der Waals surface area contributed by atoms with Crippen LogP contribution >= 0.6 is 0 Å². The van der Waals surface area contributed by atoms with Crippen molar-refractivity contribution in [3.63, 3.8) is 0 Å². The van der Waals surface area contributed by atoms with Gasteiger partial charge in [-0.05, 0) is 26.7 Å². The number of hydrogen-bond acceptors (Lipinski definition) is 5. The monoisotopic (exact) mass is 294 g/mol. The third-order valence-corrected chi connectivity index (χ3v) is 4.10. The third kappa shape index (κ3) is 3.53. The summed E-state index contributed by atoms with van der Waals surface area (Å²) in [5.74, 6) is -0.638. The van der Waals surface area contributed by atoms with Crippen LogP contribution in [0.4, 0.5) is 0 Å². The molecule has 0 aromatic heterocycles. The van der Waals surface area contributed by atoms with E-state index < -0.39 is 11.9 Å². The van der Waals surface area contributed by atoms with E-state index in [1.54, 1.807) is 13.8 Å². The van der Waals surface area contributed by atoms with Gasteiger partial charge in [-0.3, -0.25) is 0 Å². The second-order valence-electron chi connectivity index (χ2n) is 5.88. The minimum absolute atomic E-state index is 0.0740. The Morgan fingerprint density at radius 3 is 1.67 bits per heavy atom. The molecule has 2 rings (SSSR count). The SMILES string of the molecule is C=C(C)C(=O)OCC1C2CCC(O2)C1COC(=O)C(=C)C. The average molecular weight is 294 g/mol. The van der Waals surface area contributed by atoms with E-state index >= 15 is 0 Å². The Labute approximate surface area is 124 Å². The summed E-state index contributed by atoms with van der Waals surface area (Å²) < 4.78 is 16.4. The summed E-state index contributed by atoms with van der Waals surface area (Å²) in [6, 6.07) is 0. The molecule has 2 aliphatic heterocycles. The first-order chi connectivity index (χ1) is 9.90. The maximum absolute atomic E-state index is 11.5. The minimum Gasteiger partial charge on any atom is -0.462 e. The number of fused-ring (bicyclic) bond motifs is 2. The Kier molecular flexibility index (Phi) is 4.83. The fraction of sp³-hybridized carbons (Fsp3) is 0.625. The smallest absolute Gasteiger partial charge is 0.333 e. The molecule has 4 atom stereocenters. The lowest BCUT2D eigenvalue weighted by molar-refractivity contribution is -0.145. The zero-order valence-electron chi connectivity index (χ0n) is 12.6. The molecule has 0 aromatic carbocycles. The molecule has 0 aromatic rings. The summed E-state index contributed by atoms with van der Waals surface area (Å²) in [5, 5.41) is 0. The van der Waals surface area contributed by atoms with Crippen molar-refractivity contribution in [3.8, 4) is 0 Å². The van der Waals surface area contributed by atoms with Gasteiger partial charge in [-0.25, -0.2) is 9.59 Å². The van der Waals surface area contributed by atoms with Gasteiger partial charge in [0, 0.05) is 23.0 Å². The van der Waals surface area contributed by atoms with Gasteiger partial charge >= 0.3 is 11.9 Å². The van der Waals surface area contributed by atoms with E-state index in [0.29, 0.717) is 11.1 Å². The van der Waals surface area contributed by atoms with E-state index in [0.717, 1.165) is 12.8 Å². The second-order valence-corrected chi connectivity index (χ2v) is 5.88. The minimum atomic E-state index is -0.393. The van der Waals surface area contributed by atoms with Crippen LogP contribution in [-0.4, -0.2) is 37.4 Å². The number of hydrogen-bond donors (Lipinski definition) is 0. The third-order valence-electron chi connectivity index (χ3n) is 4.10. The largest absolute Gasteiger partial charge is 0.462 e. The first-order valence-electron chi connectivity index (χ1n) is 7.21. The molecule has 2 heterocycles. The summed E-state index contributed by atoms with van der Waals surface area (Å²) in [6.45, 7) is 10.9. The van der Waals surface area contributed by atoms with E-state index in [4.69, 9.17) is 14.2 Å². The molecule has 0 N–H and O–H groups in total. The topological polar surface area (TPSA) is 61.8 Å². The van der Waals surface area contributed by atoms with E-state index in [-0.39, 0.29) is 37.3 Å². The maximum Gasteiger partial charge on any atom is 0.333 e. The highest BCUT2D eigenvalue weighted by Gasteiger charge is 2.49. The Balaban J connectivity index is 1.91. The summed E-state index contributed by atoms with van der Waals surface area (Å²) in [7, 11) is 0. The van der Waals surface area contributed by atoms with Gasteiger partial charge in [-0.2, -0.15) is 0 Å². The van der Waals surface area contributed by atoms with Crippen LogP contribution < -0.4 is 0 Å². The predicted molar refractivity (Wildman–Crippen MR) is 76.4 cm³/mol. The van der Waals surface area contributed by atoms with Crippen molar-refractivity contribution in [1.29, 1.82) is 0 Å². The molecule has 2 bridgehead atoms. The van der Waals surface area contributed by atoms with Crippen LogP contribution in [0.5, 0.6) is 0 Å². The van der Waals surface area contributed by atoms with Crippen LogP contribution in [-0.2, 0) is 23.8 Å². The van der Waals surface area contributed by atoms with Crippen LogP contribution in [0.25, 0.3) is 0 Å². The van der Waals surface area contributed by atoms with Crippen molar-refractivity contribution >= 4 is 11.9 Å². The van der Waals surface area contributed by atoms with Crippen molar-refractivity contribution in [1.82, 2.24) is 0 Å². The molecule has 0 amide bonds. The number of ether oxygens (including phenoxy) is 3. The van der Waals surface area contributed by atoms with Crippen LogP contribution in [0.1, 0.15) is 26.7 Å². The van der Waals surface area contributed by atoms with Gasteiger partial charge in [0.1, 0.15) is 0 Å². The number of rotatable bonds is 6. The van der Waals surface area contributed by atoms with Gasteiger partial charge in [0.25, 0.3) is 0 Å². The highest BCUT2D eigenvalue weighted by Crippen LogP contribution is 2.43. The zero-order chi connectivity index (χ0) is 15.6. The van der Waals surface area contributed by atoms with Gasteiger partial charge in [-0.15, -0.1) is 0 Å². The van der Waals surface area contributed by atoms with Gasteiger partial charge in [0.2, 0.25) is 0 Å². The van der Waals surface area contributed by atoms with Crippen LogP contribution in [0, 0.1) is 11.8 Å². The number of carbonyl (C=O) groups excluding carboxylic acids is 2. The molecule has 0 spiro atoms. The molecule has 0 aliphatic carbocycles. The van der Waals surface area contributed by atoms with Crippen molar-refractivity contribution in [2.24, 2.45) is 11.8 Å². The maximum atomic E-state index is 11.5. The van der Waals surface area contributed by atoms with E-state index in [1.807, 2.05) is 0 Å². The normalized spacial score (nSPS) is 30.0. The van der Waals surface area contributed by atoms with Crippen molar-refractivity contribution in [2.75, 3.05) is 13.2 Å². The summed E-state index contributed by atoms with van der Waals surface area (Å²) in [4.78, 5) is 23.0. The van der Waals surface area contributed by atoms with Crippen molar-refractivity contribution in [2.45, 2.75) is 38.9 Å².